The van der Waals surface area contributed by atoms with Gasteiger partial charge in [-0.1, -0.05) is 39.7 Å². The Labute approximate surface area is 205 Å². The van der Waals surface area contributed by atoms with Crippen LogP contribution >= 0.6 is 27.5 Å². The van der Waals surface area contributed by atoms with Crippen LogP contribution in [0.5, 0.6) is 5.75 Å². The van der Waals surface area contributed by atoms with E-state index in [1.165, 1.54) is 6.07 Å². The van der Waals surface area contributed by atoms with Crippen molar-refractivity contribution < 1.29 is 18.3 Å². The predicted octanol–water partition coefficient (Wildman–Crippen LogP) is 4.81. The topological polar surface area (TPSA) is 103 Å². The van der Waals surface area contributed by atoms with Gasteiger partial charge in [0.1, 0.15) is 12.4 Å². The van der Waals surface area contributed by atoms with Gasteiger partial charge < -0.3 is 20.1 Å². The molecule has 0 amide bonds. The van der Waals surface area contributed by atoms with E-state index in [1.54, 1.807) is 12.1 Å². The first-order valence-electron chi connectivity index (χ1n) is 10.2. The van der Waals surface area contributed by atoms with Gasteiger partial charge >= 0.3 is 0 Å². The van der Waals surface area contributed by atoms with Crippen LogP contribution in [-0.4, -0.2) is 44.5 Å². The summed E-state index contributed by atoms with van der Waals surface area (Å²) < 4.78 is 32.1. The summed E-state index contributed by atoms with van der Waals surface area (Å²) in [7, 11) is -3.47. The van der Waals surface area contributed by atoms with Gasteiger partial charge in [-0.3, -0.25) is 4.72 Å². The molecule has 4 aromatic rings. The highest BCUT2D eigenvalue weighted by molar-refractivity contribution is 9.10. The number of hydrogen-bond acceptors (Lipinski definition) is 5. The molecule has 0 aliphatic carbocycles. The summed E-state index contributed by atoms with van der Waals surface area (Å²) in [6.07, 6.45) is 0.215. The van der Waals surface area contributed by atoms with Crippen molar-refractivity contribution >= 4 is 65.0 Å². The number of benzene rings is 3. The van der Waals surface area contributed by atoms with E-state index < -0.39 is 16.1 Å². The van der Waals surface area contributed by atoms with Crippen molar-refractivity contribution in [3.8, 4) is 5.75 Å². The minimum atomic E-state index is -3.47. The molecule has 174 valence electrons. The zero-order valence-electron chi connectivity index (χ0n) is 17.7. The molecule has 10 heteroatoms. The Morgan fingerprint density at radius 2 is 1.82 bits per heavy atom. The number of aliphatic hydroxyl groups is 1. The van der Waals surface area contributed by atoms with Gasteiger partial charge in [-0.25, -0.2) is 8.42 Å². The number of halogens is 2. The molecule has 4 N–H and O–H groups in total. The van der Waals surface area contributed by atoms with Gasteiger partial charge in [-0.05, 0) is 42.0 Å². The summed E-state index contributed by atoms with van der Waals surface area (Å²) in [6, 6.07) is 16.8. The van der Waals surface area contributed by atoms with Crippen LogP contribution in [-0.2, 0) is 10.0 Å². The molecule has 4 rings (SSSR count). The van der Waals surface area contributed by atoms with E-state index >= 15 is 0 Å². The van der Waals surface area contributed by atoms with E-state index in [-0.39, 0.29) is 17.3 Å². The fourth-order valence-corrected chi connectivity index (χ4v) is 4.73. The SMILES string of the molecule is CS(=O)(=O)Nc1cc(C(O)CNCCOc2ccc3c(c2)[nH]c2cc(Br)ccc23)ccc1Cl. The highest BCUT2D eigenvalue weighted by atomic mass is 79.9. The second kappa shape index (κ2) is 9.90. The fraction of sp³-hybridized carbons (Fsp3) is 0.217. The number of fused-ring (bicyclic) bond motifs is 3. The Morgan fingerprint density at radius 1 is 1.09 bits per heavy atom. The number of nitrogens with one attached hydrogen (secondary N) is 3. The lowest BCUT2D eigenvalue weighted by Crippen LogP contribution is -2.26. The van der Waals surface area contributed by atoms with Crippen LogP contribution < -0.4 is 14.8 Å². The van der Waals surface area contributed by atoms with Crippen LogP contribution in [0.25, 0.3) is 21.8 Å². The highest BCUT2D eigenvalue weighted by Gasteiger charge is 2.12. The number of hydrogen-bond donors (Lipinski definition) is 4. The Morgan fingerprint density at radius 3 is 2.58 bits per heavy atom. The van der Waals surface area contributed by atoms with Crippen molar-refractivity contribution in [1.29, 1.82) is 0 Å². The molecule has 0 radical (unpaired) electrons. The average Bonchev–Trinajstić information content (AvgIpc) is 3.10. The molecule has 3 aromatic carbocycles. The van der Waals surface area contributed by atoms with Gasteiger partial charge in [-0.15, -0.1) is 0 Å². The number of aromatic nitrogens is 1. The van der Waals surface area contributed by atoms with Gasteiger partial charge in [0, 0.05) is 39.9 Å². The fourth-order valence-electron chi connectivity index (χ4n) is 3.58. The number of sulfonamides is 1. The maximum absolute atomic E-state index is 11.5. The number of anilines is 1. The quantitative estimate of drug-likeness (QED) is 0.223. The van der Waals surface area contributed by atoms with Crippen molar-refractivity contribution in [1.82, 2.24) is 10.3 Å². The van der Waals surface area contributed by atoms with Crippen LogP contribution in [0.1, 0.15) is 11.7 Å². The van der Waals surface area contributed by atoms with E-state index in [2.05, 4.69) is 37.0 Å². The predicted molar refractivity (Wildman–Crippen MR) is 137 cm³/mol. The van der Waals surface area contributed by atoms with E-state index in [0.717, 1.165) is 38.3 Å². The molecule has 1 heterocycles. The van der Waals surface area contributed by atoms with Gasteiger partial charge in [0.2, 0.25) is 10.0 Å². The van der Waals surface area contributed by atoms with Crippen molar-refractivity contribution in [2.75, 3.05) is 30.7 Å². The molecular formula is C23H23BrClN3O4S. The molecule has 0 bridgehead atoms. The van der Waals surface area contributed by atoms with Gasteiger partial charge in [0.25, 0.3) is 0 Å². The van der Waals surface area contributed by atoms with Gasteiger partial charge in [0.15, 0.2) is 0 Å². The first kappa shape index (κ1) is 23.8. The molecule has 1 atom stereocenters. The first-order valence-corrected chi connectivity index (χ1v) is 13.3. The number of aliphatic hydroxyl groups excluding tert-OH is 1. The van der Waals surface area contributed by atoms with Crippen molar-refractivity contribution in [3.05, 3.63) is 69.7 Å². The Kier molecular flexibility index (Phi) is 7.16. The van der Waals surface area contributed by atoms with Crippen LogP contribution in [0.3, 0.4) is 0 Å². The molecule has 33 heavy (non-hydrogen) atoms. The molecule has 0 fully saturated rings. The number of aromatic amines is 1. The lowest BCUT2D eigenvalue weighted by atomic mass is 10.1. The molecule has 0 aliphatic rings. The Bertz CT molecular complexity index is 1410. The van der Waals surface area contributed by atoms with Crippen LogP contribution in [0.4, 0.5) is 5.69 Å². The minimum absolute atomic E-state index is 0.235. The summed E-state index contributed by atoms with van der Waals surface area (Å²) in [6.45, 7) is 1.22. The second-order valence-electron chi connectivity index (χ2n) is 7.70. The summed E-state index contributed by atoms with van der Waals surface area (Å²) in [5.74, 6) is 0.754. The monoisotopic (exact) mass is 551 g/mol. The molecule has 0 saturated heterocycles. The van der Waals surface area contributed by atoms with E-state index in [9.17, 15) is 13.5 Å². The summed E-state index contributed by atoms with van der Waals surface area (Å²) in [4.78, 5) is 3.41. The van der Waals surface area contributed by atoms with Crippen LogP contribution in [0.15, 0.2) is 59.1 Å². The minimum Gasteiger partial charge on any atom is -0.492 e. The summed E-state index contributed by atoms with van der Waals surface area (Å²) >= 11 is 9.53. The molecule has 0 saturated carbocycles. The van der Waals surface area contributed by atoms with E-state index in [4.69, 9.17) is 16.3 Å². The zero-order chi connectivity index (χ0) is 23.6. The standard InChI is InChI=1S/C23H23BrClN3O4S/c1-33(30,31)28-22-10-14(2-7-19(22)25)23(29)13-26-8-9-32-16-4-6-18-17-5-3-15(24)11-20(17)27-21(18)12-16/h2-7,10-12,23,26-29H,8-9,13H2,1H3. The van der Waals surface area contributed by atoms with Crippen LogP contribution in [0, 0.1) is 0 Å². The average molecular weight is 553 g/mol. The Hall–Kier alpha value is -2.30. The van der Waals surface area contributed by atoms with Gasteiger partial charge in [-0.2, -0.15) is 0 Å². The van der Waals surface area contributed by atoms with Gasteiger partial charge in [0.05, 0.1) is 28.6 Å². The van der Waals surface area contributed by atoms with E-state index in [1.807, 2.05) is 30.3 Å². The van der Waals surface area contributed by atoms with Crippen LogP contribution in [0.2, 0.25) is 5.02 Å². The van der Waals surface area contributed by atoms with Crippen molar-refractivity contribution in [2.24, 2.45) is 0 Å². The third-order valence-electron chi connectivity index (χ3n) is 5.09. The molecule has 1 aromatic heterocycles. The smallest absolute Gasteiger partial charge is 0.229 e. The van der Waals surface area contributed by atoms with Crippen molar-refractivity contribution in [2.45, 2.75) is 6.10 Å². The number of H-pyrrole nitrogens is 1. The molecular weight excluding hydrogens is 530 g/mol. The highest BCUT2D eigenvalue weighted by Crippen LogP contribution is 2.30. The first-order chi connectivity index (χ1) is 15.7. The number of ether oxygens (including phenoxy) is 1. The zero-order valence-corrected chi connectivity index (χ0v) is 20.9. The second-order valence-corrected chi connectivity index (χ2v) is 10.8. The normalized spacial score (nSPS) is 12.8. The largest absolute Gasteiger partial charge is 0.492 e. The summed E-state index contributed by atoms with van der Waals surface area (Å²) in [5.41, 5.74) is 2.85. The maximum Gasteiger partial charge on any atom is 0.229 e. The molecule has 1 unspecified atom stereocenters. The molecule has 0 aliphatic heterocycles. The van der Waals surface area contributed by atoms with E-state index in [0.29, 0.717) is 18.7 Å². The molecule has 0 spiro atoms. The number of rotatable bonds is 9. The lowest BCUT2D eigenvalue weighted by Gasteiger charge is -2.15. The third-order valence-corrected chi connectivity index (χ3v) is 6.50. The maximum atomic E-state index is 11.5. The summed E-state index contributed by atoms with van der Waals surface area (Å²) in [5, 5.41) is 16.1. The Balaban J connectivity index is 1.30. The molecule has 7 nitrogen and oxygen atoms in total. The lowest BCUT2D eigenvalue weighted by molar-refractivity contribution is 0.172. The third kappa shape index (κ3) is 5.99. The van der Waals surface area contributed by atoms with Crippen molar-refractivity contribution in [3.63, 3.8) is 0 Å².